The summed E-state index contributed by atoms with van der Waals surface area (Å²) in [5.41, 5.74) is 5.48. The van der Waals surface area contributed by atoms with Gasteiger partial charge in [0, 0.05) is 67.1 Å². The van der Waals surface area contributed by atoms with Crippen LogP contribution in [0.5, 0.6) is 5.88 Å². The van der Waals surface area contributed by atoms with E-state index >= 15 is 0 Å². The van der Waals surface area contributed by atoms with E-state index in [0.29, 0.717) is 5.92 Å². The van der Waals surface area contributed by atoms with Crippen molar-refractivity contribution in [2.45, 2.75) is 57.3 Å². The first kappa shape index (κ1) is 23.1. The molecule has 4 aromatic rings. The zero-order valence-corrected chi connectivity index (χ0v) is 21.3. The molecule has 3 aromatic heterocycles. The summed E-state index contributed by atoms with van der Waals surface area (Å²) in [6.07, 6.45) is 9.14. The first-order valence-electron chi connectivity index (χ1n) is 13.6. The number of ether oxygens (including phenoxy) is 3. The molecule has 0 spiro atoms. The number of pyridine rings is 2. The van der Waals surface area contributed by atoms with Gasteiger partial charge in [-0.05, 0) is 74.2 Å². The number of fused-ring (bicyclic) bond motifs is 2. The predicted molar refractivity (Wildman–Crippen MR) is 142 cm³/mol. The second kappa shape index (κ2) is 9.67. The zero-order chi connectivity index (χ0) is 24.8. The Morgan fingerprint density at radius 1 is 1.03 bits per heavy atom. The predicted octanol–water partition coefficient (Wildman–Crippen LogP) is 4.90. The number of aryl methyl sites for hydroxylation is 1. The fourth-order valence-electron chi connectivity index (χ4n) is 5.85. The number of rotatable bonds is 5. The Hall–Kier alpha value is -3.07. The van der Waals surface area contributed by atoms with Crippen molar-refractivity contribution >= 4 is 21.7 Å². The van der Waals surface area contributed by atoms with Crippen LogP contribution in [0, 0.1) is 6.92 Å². The molecular formula is C29H33N5O3. The lowest BCUT2D eigenvalue weighted by molar-refractivity contribution is -0.0366. The highest BCUT2D eigenvalue weighted by molar-refractivity contribution is 6.06. The molecule has 3 aliphatic heterocycles. The Bertz CT molecular complexity index is 1430. The largest absolute Gasteiger partial charge is 0.471 e. The minimum Gasteiger partial charge on any atom is -0.471 e. The van der Waals surface area contributed by atoms with Crippen LogP contribution in [0.4, 0.5) is 0 Å². The van der Waals surface area contributed by atoms with Crippen LogP contribution < -0.4 is 10.1 Å². The summed E-state index contributed by atoms with van der Waals surface area (Å²) in [4.78, 5) is 9.77. The second-order valence-corrected chi connectivity index (χ2v) is 10.5. The summed E-state index contributed by atoms with van der Waals surface area (Å²) in [6, 6.07) is 8.76. The Balaban J connectivity index is 1.48. The molecule has 7 rings (SSSR count). The van der Waals surface area contributed by atoms with Gasteiger partial charge in [-0.15, -0.1) is 0 Å². The second-order valence-electron chi connectivity index (χ2n) is 10.5. The van der Waals surface area contributed by atoms with Crippen LogP contribution in [-0.2, 0) is 9.47 Å². The zero-order valence-electron chi connectivity index (χ0n) is 21.3. The minimum absolute atomic E-state index is 0.0271. The molecule has 37 heavy (non-hydrogen) atoms. The van der Waals surface area contributed by atoms with Crippen molar-refractivity contribution in [1.29, 1.82) is 0 Å². The van der Waals surface area contributed by atoms with Gasteiger partial charge in [-0.2, -0.15) is 5.10 Å². The number of hydrogen-bond acceptors (Lipinski definition) is 7. The molecule has 3 saturated heterocycles. The van der Waals surface area contributed by atoms with E-state index < -0.39 is 0 Å². The van der Waals surface area contributed by atoms with Gasteiger partial charge in [0.15, 0.2) is 6.23 Å². The highest BCUT2D eigenvalue weighted by Crippen LogP contribution is 2.43. The van der Waals surface area contributed by atoms with Crippen LogP contribution in [0.25, 0.3) is 32.8 Å². The van der Waals surface area contributed by atoms with E-state index in [2.05, 4.69) is 34.6 Å². The van der Waals surface area contributed by atoms with Gasteiger partial charge < -0.3 is 19.5 Å². The first-order chi connectivity index (χ1) is 18.2. The van der Waals surface area contributed by atoms with E-state index in [1.807, 2.05) is 24.0 Å². The normalized spacial score (nSPS) is 21.4. The van der Waals surface area contributed by atoms with Crippen molar-refractivity contribution in [2.24, 2.45) is 0 Å². The van der Waals surface area contributed by atoms with Crippen LogP contribution in [0.3, 0.4) is 0 Å². The highest BCUT2D eigenvalue weighted by atomic mass is 16.5. The Kier molecular flexibility index (Phi) is 6.03. The van der Waals surface area contributed by atoms with Gasteiger partial charge >= 0.3 is 0 Å². The van der Waals surface area contributed by atoms with Crippen molar-refractivity contribution in [3.8, 4) is 17.0 Å². The maximum absolute atomic E-state index is 6.54. The van der Waals surface area contributed by atoms with Gasteiger partial charge in [0.1, 0.15) is 6.10 Å². The van der Waals surface area contributed by atoms with Gasteiger partial charge in [-0.25, -0.2) is 9.67 Å². The van der Waals surface area contributed by atoms with Gasteiger partial charge in [-0.3, -0.25) is 4.98 Å². The van der Waals surface area contributed by atoms with Crippen molar-refractivity contribution in [1.82, 2.24) is 25.1 Å². The fourth-order valence-corrected chi connectivity index (χ4v) is 5.85. The van der Waals surface area contributed by atoms with Crippen LogP contribution >= 0.6 is 0 Å². The van der Waals surface area contributed by atoms with Crippen LogP contribution in [0.15, 0.2) is 36.7 Å². The van der Waals surface area contributed by atoms with Gasteiger partial charge in [-0.1, -0.05) is 0 Å². The summed E-state index contributed by atoms with van der Waals surface area (Å²) < 4.78 is 20.4. The third-order valence-electron chi connectivity index (χ3n) is 7.96. The summed E-state index contributed by atoms with van der Waals surface area (Å²) in [5, 5.41) is 11.4. The quantitative estimate of drug-likeness (QED) is 0.418. The number of nitrogens with one attached hydrogen (secondary N) is 1. The summed E-state index contributed by atoms with van der Waals surface area (Å²) in [6.45, 7) is 6.03. The molecule has 1 N–H and O–H groups in total. The lowest BCUT2D eigenvalue weighted by atomic mass is 9.87. The lowest BCUT2D eigenvalue weighted by Crippen LogP contribution is -2.50. The average Bonchev–Trinajstić information content (AvgIpc) is 3.33. The molecule has 8 heteroatoms. The van der Waals surface area contributed by atoms with E-state index in [1.165, 1.54) is 5.56 Å². The molecule has 8 nitrogen and oxygen atoms in total. The van der Waals surface area contributed by atoms with Crippen LogP contribution in [0.2, 0.25) is 0 Å². The highest BCUT2D eigenvalue weighted by Gasteiger charge is 2.28. The van der Waals surface area contributed by atoms with Gasteiger partial charge in [0.2, 0.25) is 5.88 Å². The molecule has 192 valence electrons. The molecule has 0 bridgehead atoms. The van der Waals surface area contributed by atoms with E-state index in [0.717, 1.165) is 110 Å². The van der Waals surface area contributed by atoms with E-state index in [4.69, 9.17) is 24.3 Å². The molecule has 1 atom stereocenters. The molecule has 0 radical (unpaired) electrons. The summed E-state index contributed by atoms with van der Waals surface area (Å²) in [7, 11) is 0. The maximum atomic E-state index is 6.54. The van der Waals surface area contributed by atoms with E-state index in [1.54, 1.807) is 0 Å². The number of aromatic nitrogens is 4. The minimum atomic E-state index is -0.0271. The van der Waals surface area contributed by atoms with Crippen molar-refractivity contribution in [3.63, 3.8) is 0 Å². The molecule has 3 aliphatic rings. The SMILES string of the molecule is Cc1cc(-c2c(C3CCOCC3)nc(OC3CNC3)c3cc4c(cnn4C4CCCCO4)cc23)ccn1. The molecule has 0 amide bonds. The average molecular weight is 500 g/mol. The van der Waals surface area contributed by atoms with Crippen molar-refractivity contribution in [3.05, 3.63) is 48.0 Å². The smallest absolute Gasteiger partial charge is 0.222 e. The Morgan fingerprint density at radius 3 is 2.68 bits per heavy atom. The van der Waals surface area contributed by atoms with Crippen LogP contribution in [0.1, 0.15) is 55.6 Å². The molecule has 3 fully saturated rings. The Morgan fingerprint density at radius 2 is 1.92 bits per heavy atom. The number of hydrogen-bond donors (Lipinski definition) is 1. The molecule has 6 heterocycles. The number of nitrogens with zero attached hydrogens (tertiary/aromatic N) is 4. The Labute approximate surface area is 216 Å². The van der Waals surface area contributed by atoms with Crippen molar-refractivity contribution < 1.29 is 14.2 Å². The first-order valence-corrected chi connectivity index (χ1v) is 13.6. The fraction of sp³-hybridized carbons (Fsp3) is 0.483. The summed E-state index contributed by atoms with van der Waals surface area (Å²) >= 11 is 0. The topological polar surface area (TPSA) is 83.3 Å². The lowest BCUT2D eigenvalue weighted by Gasteiger charge is -2.30. The van der Waals surface area contributed by atoms with E-state index in [-0.39, 0.29) is 12.3 Å². The molecule has 0 aliphatic carbocycles. The van der Waals surface area contributed by atoms with E-state index in [9.17, 15) is 0 Å². The molecule has 1 aromatic carbocycles. The number of benzene rings is 1. The maximum Gasteiger partial charge on any atom is 0.222 e. The molecular weight excluding hydrogens is 466 g/mol. The van der Waals surface area contributed by atoms with Gasteiger partial charge in [0.25, 0.3) is 0 Å². The molecule has 1 unspecified atom stereocenters. The van der Waals surface area contributed by atoms with Crippen LogP contribution in [-0.4, -0.2) is 58.8 Å². The monoisotopic (exact) mass is 499 g/mol. The standard InChI is InChI=1S/C29H33N5O3/c1-18-12-20(5-8-31-18)27-23-13-21-15-32-34(26-4-2-3-9-36-26)25(21)14-24(23)29(37-22-16-30-17-22)33-28(27)19-6-10-35-11-7-19/h5,8,12-15,19,22,26,30H,2-4,6-7,9-11,16-17H2,1H3. The van der Waals surface area contributed by atoms with Crippen molar-refractivity contribution in [2.75, 3.05) is 32.9 Å². The third kappa shape index (κ3) is 4.27. The van der Waals surface area contributed by atoms with Gasteiger partial charge in [0.05, 0.1) is 17.4 Å². The third-order valence-corrected chi connectivity index (χ3v) is 7.96. The summed E-state index contributed by atoms with van der Waals surface area (Å²) in [5.74, 6) is 1.04. The molecule has 0 saturated carbocycles.